The maximum Gasteiger partial charge on any atom is 0.272 e. The standard InChI is InChI=1S/C23H29N5O/c29-23(21-17-10-3-1-2-4-11-18(17)27-28-21)24-16-9-7-8-15(14-16)22-25-19-12-5-6-13-20(19)26-22/h5-6,12-13,15-16H,1-4,7-11,14H2,(H,24,29)(H,25,26)(H,27,28)/t15-,16+/m0/s1. The molecule has 3 aromatic rings. The van der Waals surface area contributed by atoms with E-state index in [-0.39, 0.29) is 11.9 Å². The van der Waals surface area contributed by atoms with Crippen LogP contribution in [-0.2, 0) is 12.8 Å². The fraction of sp³-hybridized carbons (Fsp3) is 0.522. The van der Waals surface area contributed by atoms with Gasteiger partial charge >= 0.3 is 0 Å². The van der Waals surface area contributed by atoms with Crippen molar-refractivity contribution in [3.63, 3.8) is 0 Å². The summed E-state index contributed by atoms with van der Waals surface area (Å²) in [5, 5.41) is 10.8. The third kappa shape index (κ3) is 3.80. The van der Waals surface area contributed by atoms with E-state index in [1.54, 1.807) is 0 Å². The number of amides is 1. The highest BCUT2D eigenvalue weighted by Crippen LogP contribution is 2.32. The molecule has 152 valence electrons. The lowest BCUT2D eigenvalue weighted by Gasteiger charge is -2.28. The van der Waals surface area contributed by atoms with E-state index < -0.39 is 0 Å². The van der Waals surface area contributed by atoms with Gasteiger partial charge in [0.15, 0.2) is 5.69 Å². The van der Waals surface area contributed by atoms with Crippen molar-refractivity contribution in [1.29, 1.82) is 0 Å². The van der Waals surface area contributed by atoms with Crippen LogP contribution in [0, 0.1) is 0 Å². The van der Waals surface area contributed by atoms with Crippen LogP contribution in [-0.4, -0.2) is 32.1 Å². The van der Waals surface area contributed by atoms with E-state index in [0.717, 1.165) is 67.4 Å². The molecule has 2 aliphatic carbocycles. The molecule has 2 heterocycles. The molecule has 0 spiro atoms. The Balaban J connectivity index is 1.28. The molecule has 0 aliphatic heterocycles. The van der Waals surface area contributed by atoms with Crippen molar-refractivity contribution >= 4 is 16.9 Å². The first-order valence-corrected chi connectivity index (χ1v) is 11.1. The average Bonchev–Trinajstić information content (AvgIpc) is 3.32. The highest BCUT2D eigenvalue weighted by molar-refractivity contribution is 5.94. The highest BCUT2D eigenvalue weighted by Gasteiger charge is 2.28. The quantitative estimate of drug-likeness (QED) is 0.618. The number of aromatic amines is 2. The largest absolute Gasteiger partial charge is 0.348 e. The molecule has 0 bridgehead atoms. The van der Waals surface area contributed by atoms with E-state index in [4.69, 9.17) is 4.98 Å². The summed E-state index contributed by atoms with van der Waals surface area (Å²) in [5.41, 5.74) is 5.03. The fourth-order valence-corrected chi connectivity index (χ4v) is 5.01. The monoisotopic (exact) mass is 391 g/mol. The molecule has 6 nitrogen and oxygen atoms in total. The van der Waals surface area contributed by atoms with Crippen LogP contribution in [0.25, 0.3) is 11.0 Å². The number of aryl methyl sites for hydroxylation is 1. The van der Waals surface area contributed by atoms with E-state index in [0.29, 0.717) is 11.6 Å². The summed E-state index contributed by atoms with van der Waals surface area (Å²) in [5.74, 6) is 1.40. The van der Waals surface area contributed by atoms with Gasteiger partial charge in [-0.25, -0.2) is 4.98 Å². The number of carbonyl (C=O) groups is 1. The molecule has 0 saturated heterocycles. The molecule has 3 N–H and O–H groups in total. The van der Waals surface area contributed by atoms with E-state index in [2.05, 4.69) is 26.6 Å². The molecule has 2 aromatic heterocycles. The van der Waals surface area contributed by atoms with E-state index in [1.165, 1.54) is 25.0 Å². The van der Waals surface area contributed by atoms with Gasteiger partial charge in [-0.05, 0) is 57.1 Å². The third-order valence-electron chi connectivity index (χ3n) is 6.58. The Morgan fingerprint density at radius 3 is 2.79 bits per heavy atom. The van der Waals surface area contributed by atoms with Gasteiger partial charge in [0.05, 0.1) is 11.0 Å². The molecule has 1 fully saturated rings. The molecule has 0 radical (unpaired) electrons. The first-order chi connectivity index (χ1) is 14.3. The zero-order valence-corrected chi connectivity index (χ0v) is 16.8. The molecule has 2 aliphatic rings. The number of fused-ring (bicyclic) bond motifs is 2. The summed E-state index contributed by atoms with van der Waals surface area (Å²) in [6.45, 7) is 0. The van der Waals surface area contributed by atoms with Crippen LogP contribution in [0.3, 0.4) is 0 Å². The normalized spacial score (nSPS) is 22.6. The van der Waals surface area contributed by atoms with Gasteiger partial charge in [0.2, 0.25) is 0 Å². The van der Waals surface area contributed by atoms with E-state index >= 15 is 0 Å². The van der Waals surface area contributed by atoms with Crippen LogP contribution < -0.4 is 5.32 Å². The van der Waals surface area contributed by atoms with Crippen LogP contribution in [0.5, 0.6) is 0 Å². The van der Waals surface area contributed by atoms with Crippen LogP contribution in [0.4, 0.5) is 0 Å². The minimum Gasteiger partial charge on any atom is -0.348 e. The van der Waals surface area contributed by atoms with Crippen molar-refractivity contribution in [2.75, 3.05) is 0 Å². The predicted molar refractivity (Wildman–Crippen MR) is 113 cm³/mol. The first kappa shape index (κ1) is 18.4. The average molecular weight is 392 g/mol. The third-order valence-corrected chi connectivity index (χ3v) is 6.58. The number of hydrogen-bond donors (Lipinski definition) is 3. The summed E-state index contributed by atoms with van der Waals surface area (Å²) in [6, 6.07) is 8.34. The predicted octanol–water partition coefficient (Wildman–Crippen LogP) is 4.40. The maximum absolute atomic E-state index is 13.0. The molecule has 29 heavy (non-hydrogen) atoms. The molecule has 2 atom stereocenters. The Labute approximate surface area is 170 Å². The van der Waals surface area contributed by atoms with Crippen LogP contribution in [0.15, 0.2) is 24.3 Å². The second-order valence-electron chi connectivity index (χ2n) is 8.62. The molecule has 1 amide bonds. The SMILES string of the molecule is O=C(N[C@@H]1CCC[C@H](c2nc3ccccc3[nH]2)C1)c1n[nH]c2c1CCCCCC2. The summed E-state index contributed by atoms with van der Waals surface area (Å²) < 4.78 is 0. The molecule has 6 heteroatoms. The van der Waals surface area contributed by atoms with Crippen LogP contribution >= 0.6 is 0 Å². The number of para-hydroxylation sites is 2. The first-order valence-electron chi connectivity index (χ1n) is 11.1. The van der Waals surface area contributed by atoms with E-state index in [1.807, 2.05) is 18.2 Å². The van der Waals surface area contributed by atoms with Crippen molar-refractivity contribution < 1.29 is 4.79 Å². The Kier molecular flexibility index (Phi) is 5.08. The summed E-state index contributed by atoms with van der Waals surface area (Å²) in [6.07, 6.45) is 11.0. The molecule has 1 aromatic carbocycles. The highest BCUT2D eigenvalue weighted by atomic mass is 16.2. The number of benzene rings is 1. The number of H-pyrrole nitrogens is 2. The maximum atomic E-state index is 13.0. The number of hydrogen-bond acceptors (Lipinski definition) is 3. The lowest BCUT2D eigenvalue weighted by Crippen LogP contribution is -2.38. The summed E-state index contributed by atoms with van der Waals surface area (Å²) >= 11 is 0. The van der Waals surface area contributed by atoms with Gasteiger partial charge in [-0.15, -0.1) is 0 Å². The molecule has 5 rings (SSSR count). The Morgan fingerprint density at radius 1 is 1.03 bits per heavy atom. The van der Waals surface area contributed by atoms with Crippen LogP contribution in [0.1, 0.15) is 84.9 Å². The minimum absolute atomic E-state index is 0.0154. The second kappa shape index (κ2) is 8.01. The van der Waals surface area contributed by atoms with E-state index in [9.17, 15) is 4.79 Å². The lowest BCUT2D eigenvalue weighted by molar-refractivity contribution is 0.0918. The molecule has 0 unspecified atom stereocenters. The topological polar surface area (TPSA) is 86.5 Å². The second-order valence-corrected chi connectivity index (χ2v) is 8.62. The van der Waals surface area contributed by atoms with Crippen molar-refractivity contribution in [3.05, 3.63) is 47.0 Å². The van der Waals surface area contributed by atoms with Gasteiger partial charge in [-0.2, -0.15) is 5.10 Å². The number of nitrogens with one attached hydrogen (secondary N) is 3. The zero-order valence-electron chi connectivity index (χ0n) is 16.8. The van der Waals surface area contributed by atoms with Gasteiger partial charge in [-0.1, -0.05) is 31.4 Å². The lowest BCUT2D eigenvalue weighted by atomic mass is 9.85. The molecular formula is C23H29N5O. The van der Waals surface area contributed by atoms with Gasteiger partial charge < -0.3 is 10.3 Å². The number of aromatic nitrogens is 4. The molecular weight excluding hydrogens is 362 g/mol. The fourth-order valence-electron chi connectivity index (χ4n) is 5.01. The summed E-state index contributed by atoms with van der Waals surface area (Å²) in [7, 11) is 0. The van der Waals surface area contributed by atoms with Crippen molar-refractivity contribution in [2.24, 2.45) is 0 Å². The number of rotatable bonds is 3. The van der Waals surface area contributed by atoms with Gasteiger partial charge in [0.1, 0.15) is 5.82 Å². The van der Waals surface area contributed by atoms with Crippen molar-refractivity contribution in [2.45, 2.75) is 76.2 Å². The van der Waals surface area contributed by atoms with Gasteiger partial charge in [0.25, 0.3) is 5.91 Å². The Bertz CT molecular complexity index is 971. The minimum atomic E-state index is -0.0154. The number of nitrogens with zero attached hydrogens (tertiary/aromatic N) is 2. The Hall–Kier alpha value is -2.63. The smallest absolute Gasteiger partial charge is 0.272 e. The number of imidazole rings is 1. The number of carbonyl (C=O) groups excluding carboxylic acids is 1. The summed E-state index contributed by atoms with van der Waals surface area (Å²) in [4.78, 5) is 21.3. The van der Waals surface area contributed by atoms with Crippen molar-refractivity contribution in [1.82, 2.24) is 25.5 Å². The zero-order chi connectivity index (χ0) is 19.6. The van der Waals surface area contributed by atoms with Crippen molar-refractivity contribution in [3.8, 4) is 0 Å². The van der Waals surface area contributed by atoms with Gasteiger partial charge in [0, 0.05) is 23.2 Å². The van der Waals surface area contributed by atoms with Gasteiger partial charge in [-0.3, -0.25) is 9.89 Å². The molecule has 1 saturated carbocycles. The van der Waals surface area contributed by atoms with Crippen LogP contribution in [0.2, 0.25) is 0 Å². The Morgan fingerprint density at radius 2 is 1.90 bits per heavy atom.